The third-order valence-corrected chi connectivity index (χ3v) is 2.35. The Morgan fingerprint density at radius 3 is 2.82 bits per heavy atom. The average Bonchev–Trinajstić information content (AvgIpc) is 2.02. The number of hydrogen-bond acceptors (Lipinski definition) is 1. The highest BCUT2D eigenvalue weighted by Gasteiger charge is 2.04. The maximum atomic E-state index is 9.35. The highest BCUT2D eigenvalue weighted by molar-refractivity contribution is 6.29. The molecule has 0 saturated carbocycles. The number of allylic oxidation sites excluding steroid dienone is 1. The van der Waals surface area contributed by atoms with Gasteiger partial charge in [0.15, 0.2) is 0 Å². The van der Waals surface area contributed by atoms with Gasteiger partial charge in [0, 0.05) is 5.03 Å². The first-order valence-corrected chi connectivity index (χ1v) is 4.71. The van der Waals surface area contributed by atoms with Crippen molar-refractivity contribution in [2.24, 2.45) is 0 Å². The van der Waals surface area contributed by atoms with Gasteiger partial charge in [-0.25, -0.2) is 0 Å². The lowest BCUT2D eigenvalue weighted by atomic mass is 10.1. The van der Waals surface area contributed by atoms with Crippen molar-refractivity contribution in [3.63, 3.8) is 0 Å². The van der Waals surface area contributed by atoms with E-state index in [0.29, 0.717) is 0 Å². The SMILES string of the molecule is OC1/C=C(/Cl)CCCCCC1. The van der Waals surface area contributed by atoms with Gasteiger partial charge < -0.3 is 5.11 Å². The van der Waals surface area contributed by atoms with Crippen molar-refractivity contribution in [3.05, 3.63) is 11.1 Å². The van der Waals surface area contributed by atoms with Gasteiger partial charge in [-0.05, 0) is 25.3 Å². The molecule has 0 bridgehead atoms. The molecule has 2 heteroatoms. The van der Waals surface area contributed by atoms with E-state index < -0.39 is 0 Å². The normalized spacial score (nSPS) is 32.9. The molecule has 0 saturated heterocycles. The van der Waals surface area contributed by atoms with E-state index >= 15 is 0 Å². The second-order valence-electron chi connectivity index (χ2n) is 3.13. The van der Waals surface area contributed by atoms with E-state index in [0.717, 1.165) is 24.3 Å². The van der Waals surface area contributed by atoms with Crippen LogP contribution in [0.2, 0.25) is 0 Å². The summed E-state index contributed by atoms with van der Waals surface area (Å²) < 4.78 is 0. The fourth-order valence-electron chi connectivity index (χ4n) is 1.38. The summed E-state index contributed by atoms with van der Waals surface area (Å²) in [6.07, 6.45) is 8.07. The average molecular weight is 175 g/mol. The summed E-state index contributed by atoms with van der Waals surface area (Å²) in [7, 11) is 0. The molecule has 0 aliphatic heterocycles. The van der Waals surface area contributed by atoms with E-state index in [-0.39, 0.29) is 6.10 Å². The van der Waals surface area contributed by atoms with Gasteiger partial charge in [0.05, 0.1) is 6.10 Å². The van der Waals surface area contributed by atoms with Crippen molar-refractivity contribution in [2.75, 3.05) is 0 Å². The van der Waals surface area contributed by atoms with Crippen LogP contribution in [0.3, 0.4) is 0 Å². The second kappa shape index (κ2) is 4.78. The quantitative estimate of drug-likeness (QED) is 0.599. The Labute approximate surface area is 73.1 Å². The number of rotatable bonds is 0. The van der Waals surface area contributed by atoms with Gasteiger partial charge in [-0.2, -0.15) is 0 Å². The third-order valence-electron chi connectivity index (χ3n) is 2.04. The van der Waals surface area contributed by atoms with Crippen molar-refractivity contribution >= 4 is 11.6 Å². The van der Waals surface area contributed by atoms with Crippen LogP contribution >= 0.6 is 11.6 Å². The highest BCUT2D eigenvalue weighted by atomic mass is 35.5. The van der Waals surface area contributed by atoms with Crippen LogP contribution in [0, 0.1) is 0 Å². The monoisotopic (exact) mass is 174 g/mol. The summed E-state index contributed by atoms with van der Waals surface area (Å²) in [5.41, 5.74) is 0. The molecule has 1 atom stereocenters. The summed E-state index contributed by atoms with van der Waals surface area (Å²) >= 11 is 5.86. The molecule has 0 spiro atoms. The molecular weight excluding hydrogens is 160 g/mol. The molecule has 1 unspecified atom stereocenters. The van der Waals surface area contributed by atoms with Crippen LogP contribution in [0.1, 0.15) is 38.5 Å². The molecule has 11 heavy (non-hydrogen) atoms. The predicted molar refractivity (Wildman–Crippen MR) is 47.6 cm³/mol. The van der Waals surface area contributed by atoms with E-state index in [4.69, 9.17) is 11.6 Å². The van der Waals surface area contributed by atoms with Crippen LogP contribution in [0.4, 0.5) is 0 Å². The zero-order valence-electron chi connectivity index (χ0n) is 6.72. The van der Waals surface area contributed by atoms with E-state index in [1.165, 1.54) is 19.3 Å². The molecule has 0 fully saturated rings. The lowest BCUT2D eigenvalue weighted by Crippen LogP contribution is -2.01. The molecule has 0 aromatic rings. The molecule has 1 aliphatic carbocycles. The summed E-state index contributed by atoms with van der Waals surface area (Å²) in [6, 6.07) is 0. The maximum Gasteiger partial charge on any atom is 0.0735 e. The minimum Gasteiger partial charge on any atom is -0.389 e. The van der Waals surface area contributed by atoms with E-state index in [9.17, 15) is 5.11 Å². The van der Waals surface area contributed by atoms with Gasteiger partial charge in [-0.3, -0.25) is 0 Å². The number of aliphatic hydroxyl groups excluding tert-OH is 1. The largest absolute Gasteiger partial charge is 0.389 e. The molecule has 0 radical (unpaired) electrons. The minimum absolute atomic E-state index is 0.305. The first kappa shape index (κ1) is 9.08. The van der Waals surface area contributed by atoms with E-state index in [2.05, 4.69) is 0 Å². The number of halogens is 1. The Balaban J connectivity index is 2.43. The fourth-order valence-corrected chi connectivity index (χ4v) is 1.66. The molecule has 1 rings (SSSR count). The lowest BCUT2D eigenvalue weighted by Gasteiger charge is -2.02. The zero-order chi connectivity index (χ0) is 8.10. The molecule has 1 N–H and O–H groups in total. The van der Waals surface area contributed by atoms with Crippen LogP contribution in [-0.2, 0) is 0 Å². The smallest absolute Gasteiger partial charge is 0.0735 e. The Bertz CT molecular complexity index is 142. The third kappa shape index (κ3) is 3.78. The molecule has 1 aliphatic rings. The first-order chi connectivity index (χ1) is 5.29. The van der Waals surface area contributed by atoms with Crippen molar-refractivity contribution in [3.8, 4) is 0 Å². The molecule has 0 aromatic carbocycles. The molecular formula is C9H15ClO. The molecule has 0 amide bonds. The van der Waals surface area contributed by atoms with E-state index in [1.807, 2.05) is 0 Å². The minimum atomic E-state index is -0.305. The van der Waals surface area contributed by atoms with Gasteiger partial charge >= 0.3 is 0 Å². The standard InChI is InChI=1S/C9H15ClO/c10-8-5-3-1-2-4-6-9(11)7-8/h7,9,11H,1-6H2/b8-7+. The number of hydrogen-bond donors (Lipinski definition) is 1. The zero-order valence-corrected chi connectivity index (χ0v) is 7.48. The summed E-state index contributed by atoms with van der Waals surface area (Å²) in [4.78, 5) is 0. The maximum absolute atomic E-state index is 9.35. The topological polar surface area (TPSA) is 20.2 Å². The van der Waals surface area contributed by atoms with Gasteiger partial charge in [0.2, 0.25) is 0 Å². The Kier molecular flexibility index (Phi) is 3.95. The molecule has 1 nitrogen and oxygen atoms in total. The van der Waals surface area contributed by atoms with Crippen LogP contribution in [0.25, 0.3) is 0 Å². The van der Waals surface area contributed by atoms with Crippen LogP contribution in [0.15, 0.2) is 11.1 Å². The second-order valence-corrected chi connectivity index (χ2v) is 3.62. The fraction of sp³-hybridized carbons (Fsp3) is 0.778. The van der Waals surface area contributed by atoms with Crippen LogP contribution in [0.5, 0.6) is 0 Å². The van der Waals surface area contributed by atoms with Crippen molar-refractivity contribution in [2.45, 2.75) is 44.6 Å². The molecule has 0 heterocycles. The Hall–Kier alpha value is -0.0100. The summed E-state index contributed by atoms with van der Waals surface area (Å²) in [6.45, 7) is 0. The highest BCUT2D eigenvalue weighted by Crippen LogP contribution is 2.19. The number of aliphatic hydroxyl groups is 1. The van der Waals surface area contributed by atoms with Gasteiger partial charge in [-0.1, -0.05) is 30.9 Å². The summed E-state index contributed by atoms with van der Waals surface area (Å²) in [5.74, 6) is 0. The van der Waals surface area contributed by atoms with Gasteiger partial charge in [-0.15, -0.1) is 0 Å². The lowest BCUT2D eigenvalue weighted by molar-refractivity contribution is 0.208. The Morgan fingerprint density at radius 2 is 2.00 bits per heavy atom. The van der Waals surface area contributed by atoms with Crippen LogP contribution < -0.4 is 0 Å². The van der Waals surface area contributed by atoms with Crippen LogP contribution in [-0.4, -0.2) is 11.2 Å². The van der Waals surface area contributed by atoms with Gasteiger partial charge in [0.1, 0.15) is 0 Å². The summed E-state index contributed by atoms with van der Waals surface area (Å²) in [5, 5.41) is 10.2. The first-order valence-electron chi connectivity index (χ1n) is 4.33. The van der Waals surface area contributed by atoms with E-state index in [1.54, 1.807) is 6.08 Å². The van der Waals surface area contributed by atoms with Crippen molar-refractivity contribution < 1.29 is 5.11 Å². The molecule has 64 valence electrons. The predicted octanol–water partition coefficient (Wildman–Crippen LogP) is 2.82. The Morgan fingerprint density at radius 1 is 1.27 bits per heavy atom. The van der Waals surface area contributed by atoms with Crippen molar-refractivity contribution in [1.29, 1.82) is 0 Å². The molecule has 0 aromatic heterocycles. The van der Waals surface area contributed by atoms with Gasteiger partial charge in [0.25, 0.3) is 0 Å². The van der Waals surface area contributed by atoms with Crippen molar-refractivity contribution in [1.82, 2.24) is 0 Å².